The van der Waals surface area contributed by atoms with Crippen molar-refractivity contribution in [2.24, 2.45) is 0 Å². The molecule has 5 heteroatoms. The van der Waals surface area contributed by atoms with Crippen LogP contribution in [0.15, 0.2) is 0 Å². The van der Waals surface area contributed by atoms with E-state index in [1.165, 1.54) is 51.6 Å². The Hall–Kier alpha value is 0.314. The van der Waals surface area contributed by atoms with Gasteiger partial charge in [0.05, 0.1) is 0 Å². The van der Waals surface area contributed by atoms with E-state index in [1.807, 2.05) is 7.11 Å². The van der Waals surface area contributed by atoms with Gasteiger partial charge in [-0.2, -0.15) is 0 Å². The SMILES string of the molecule is CO[Si](C)(C)CCCCN1CCN([Si](C)(C)C)CC1. The van der Waals surface area contributed by atoms with Crippen molar-refractivity contribution in [2.75, 3.05) is 39.8 Å². The third-order valence-corrected chi connectivity index (χ3v) is 9.38. The largest absolute Gasteiger partial charge is 0.420 e. The Morgan fingerprint density at radius 3 is 1.95 bits per heavy atom. The van der Waals surface area contributed by atoms with Gasteiger partial charge in [0.15, 0.2) is 8.32 Å². The van der Waals surface area contributed by atoms with Crippen LogP contribution in [0.25, 0.3) is 0 Å². The molecule has 1 rings (SSSR count). The summed E-state index contributed by atoms with van der Waals surface area (Å²) >= 11 is 0. The van der Waals surface area contributed by atoms with Gasteiger partial charge in [-0.25, -0.2) is 0 Å². The fraction of sp³-hybridized carbons (Fsp3) is 1.00. The molecule has 0 aromatic heterocycles. The zero-order chi connectivity index (χ0) is 14.5. The van der Waals surface area contributed by atoms with Crippen LogP contribution in [0.1, 0.15) is 12.8 Å². The maximum Gasteiger partial charge on any atom is 0.186 e. The summed E-state index contributed by atoms with van der Waals surface area (Å²) in [6.07, 6.45) is 2.67. The van der Waals surface area contributed by atoms with Crippen LogP contribution in [0.4, 0.5) is 0 Å². The zero-order valence-electron chi connectivity index (χ0n) is 14.0. The first-order valence-corrected chi connectivity index (χ1v) is 14.3. The van der Waals surface area contributed by atoms with Crippen LogP contribution in [-0.2, 0) is 4.43 Å². The van der Waals surface area contributed by atoms with Crippen molar-refractivity contribution in [1.82, 2.24) is 9.47 Å². The van der Waals surface area contributed by atoms with Crippen LogP contribution in [-0.4, -0.2) is 65.9 Å². The quantitative estimate of drug-likeness (QED) is 0.531. The molecule has 0 spiro atoms. The molecule has 0 aliphatic carbocycles. The summed E-state index contributed by atoms with van der Waals surface area (Å²) in [6, 6.07) is 1.30. The topological polar surface area (TPSA) is 15.7 Å². The van der Waals surface area contributed by atoms with E-state index in [9.17, 15) is 0 Å². The average molecular weight is 303 g/mol. The van der Waals surface area contributed by atoms with E-state index in [-0.39, 0.29) is 0 Å². The van der Waals surface area contributed by atoms with Crippen LogP contribution in [0.5, 0.6) is 0 Å². The molecular weight excluding hydrogens is 268 g/mol. The highest BCUT2D eigenvalue weighted by molar-refractivity contribution is 6.73. The first kappa shape index (κ1) is 17.4. The van der Waals surface area contributed by atoms with Gasteiger partial charge < -0.3 is 13.9 Å². The van der Waals surface area contributed by atoms with Gasteiger partial charge in [-0.3, -0.25) is 0 Å². The molecule has 0 atom stereocenters. The highest BCUT2D eigenvalue weighted by Crippen LogP contribution is 2.16. The molecule has 0 N–H and O–H groups in total. The highest BCUT2D eigenvalue weighted by atomic mass is 28.4. The van der Waals surface area contributed by atoms with Crippen molar-refractivity contribution in [3.05, 3.63) is 0 Å². The second kappa shape index (κ2) is 7.36. The Labute approximate surface area is 122 Å². The summed E-state index contributed by atoms with van der Waals surface area (Å²) < 4.78 is 8.34. The number of piperazine rings is 1. The lowest BCUT2D eigenvalue weighted by Gasteiger charge is -2.41. The van der Waals surface area contributed by atoms with Crippen molar-refractivity contribution in [2.45, 2.75) is 51.6 Å². The molecule has 1 heterocycles. The molecule has 1 aliphatic heterocycles. The molecule has 1 aliphatic rings. The molecule has 114 valence electrons. The van der Waals surface area contributed by atoms with Crippen molar-refractivity contribution < 1.29 is 4.43 Å². The lowest BCUT2D eigenvalue weighted by Crippen LogP contribution is -2.56. The lowest BCUT2D eigenvalue weighted by atomic mass is 10.3. The minimum absolute atomic E-state index is 1.06. The summed E-state index contributed by atoms with van der Waals surface area (Å²) in [5.41, 5.74) is 0. The molecule has 0 bridgehead atoms. The fourth-order valence-electron chi connectivity index (χ4n) is 2.63. The average Bonchev–Trinajstić information content (AvgIpc) is 2.34. The number of nitrogens with zero attached hydrogens (tertiary/aromatic N) is 2. The van der Waals surface area contributed by atoms with E-state index < -0.39 is 16.6 Å². The number of hydrogen-bond donors (Lipinski definition) is 0. The van der Waals surface area contributed by atoms with Gasteiger partial charge in [0.1, 0.15) is 8.24 Å². The lowest BCUT2D eigenvalue weighted by molar-refractivity contribution is 0.181. The van der Waals surface area contributed by atoms with Gasteiger partial charge in [0.2, 0.25) is 0 Å². The van der Waals surface area contributed by atoms with Gasteiger partial charge in [-0.1, -0.05) is 26.1 Å². The van der Waals surface area contributed by atoms with Crippen molar-refractivity contribution >= 4 is 16.6 Å². The second-order valence-electron chi connectivity index (χ2n) is 7.42. The molecule has 1 fully saturated rings. The van der Waals surface area contributed by atoms with Gasteiger partial charge in [-0.05, 0) is 32.1 Å². The smallest absolute Gasteiger partial charge is 0.186 e. The van der Waals surface area contributed by atoms with E-state index in [0.717, 1.165) is 0 Å². The molecule has 0 unspecified atom stereocenters. The third-order valence-electron chi connectivity index (χ3n) is 4.38. The Kier molecular flexibility index (Phi) is 6.73. The third kappa shape index (κ3) is 6.53. The summed E-state index contributed by atoms with van der Waals surface area (Å²) in [7, 11) is -0.502. The van der Waals surface area contributed by atoms with Crippen LogP contribution < -0.4 is 0 Å². The van der Waals surface area contributed by atoms with Gasteiger partial charge in [-0.15, -0.1) is 0 Å². The molecule has 0 aromatic carbocycles. The summed E-state index contributed by atoms with van der Waals surface area (Å²) in [4.78, 5) is 2.65. The molecule has 0 aromatic rings. The van der Waals surface area contributed by atoms with Crippen molar-refractivity contribution in [3.63, 3.8) is 0 Å². The predicted octanol–water partition coefficient (Wildman–Crippen LogP) is 3.07. The van der Waals surface area contributed by atoms with E-state index in [0.29, 0.717) is 0 Å². The Balaban J connectivity index is 2.14. The first-order chi connectivity index (χ1) is 8.74. The van der Waals surface area contributed by atoms with Crippen LogP contribution in [0, 0.1) is 0 Å². The van der Waals surface area contributed by atoms with E-state index in [2.05, 4.69) is 42.2 Å². The monoisotopic (exact) mass is 302 g/mol. The van der Waals surface area contributed by atoms with Crippen molar-refractivity contribution in [3.8, 4) is 0 Å². The molecule has 0 saturated carbocycles. The maximum atomic E-state index is 5.60. The normalized spacial score (nSPS) is 19.9. The molecule has 3 nitrogen and oxygen atoms in total. The van der Waals surface area contributed by atoms with Gasteiger partial charge in [0, 0.05) is 33.3 Å². The zero-order valence-corrected chi connectivity index (χ0v) is 16.0. The van der Waals surface area contributed by atoms with E-state index in [4.69, 9.17) is 4.43 Å². The van der Waals surface area contributed by atoms with Gasteiger partial charge >= 0.3 is 0 Å². The predicted molar refractivity (Wildman–Crippen MR) is 89.9 cm³/mol. The highest BCUT2D eigenvalue weighted by Gasteiger charge is 2.27. The fourth-order valence-corrected chi connectivity index (χ4v) is 5.48. The second-order valence-corrected chi connectivity index (χ2v) is 16.8. The minimum Gasteiger partial charge on any atom is -0.420 e. The number of unbranched alkanes of at least 4 members (excludes halogenated alkanes) is 1. The van der Waals surface area contributed by atoms with Crippen LogP contribution >= 0.6 is 0 Å². The van der Waals surface area contributed by atoms with E-state index in [1.54, 1.807) is 0 Å². The van der Waals surface area contributed by atoms with Gasteiger partial charge in [0.25, 0.3) is 0 Å². The number of hydrogen-bond acceptors (Lipinski definition) is 3. The van der Waals surface area contributed by atoms with Crippen LogP contribution in [0.3, 0.4) is 0 Å². The Bertz CT molecular complexity index is 259. The number of rotatable bonds is 7. The Morgan fingerprint density at radius 2 is 1.47 bits per heavy atom. The molecule has 19 heavy (non-hydrogen) atoms. The van der Waals surface area contributed by atoms with E-state index >= 15 is 0 Å². The molecule has 0 radical (unpaired) electrons. The first-order valence-electron chi connectivity index (χ1n) is 7.77. The van der Waals surface area contributed by atoms with Crippen molar-refractivity contribution in [1.29, 1.82) is 0 Å². The molecule has 0 amide bonds. The molecule has 1 saturated heterocycles. The minimum atomic E-state index is -1.32. The summed E-state index contributed by atoms with van der Waals surface area (Å²) in [5, 5.41) is 0. The summed E-state index contributed by atoms with van der Waals surface area (Å²) in [6.45, 7) is 18.4. The van der Waals surface area contributed by atoms with Crippen LogP contribution in [0.2, 0.25) is 38.8 Å². The maximum absolute atomic E-state index is 5.60. The standard InChI is InChI=1S/C14H34N2OSi2/c1-17-19(5,6)14-8-7-9-15-10-12-16(13-11-15)18(2,3)4/h7-14H2,1-6H3. The Morgan fingerprint density at radius 1 is 0.895 bits per heavy atom. The summed E-state index contributed by atoms with van der Waals surface area (Å²) in [5.74, 6) is 0. The molecular formula is C14H34N2OSi2.